The largest absolute Gasteiger partial charge is 0.497 e. The predicted molar refractivity (Wildman–Crippen MR) is 93.2 cm³/mol. The van der Waals surface area contributed by atoms with Crippen LogP contribution in [0.25, 0.3) is 9.40 Å². The Balaban J connectivity index is 2.03. The van der Waals surface area contributed by atoms with E-state index in [1.807, 2.05) is 29.5 Å². The van der Waals surface area contributed by atoms with E-state index in [1.165, 1.54) is 14.3 Å². The fourth-order valence-corrected chi connectivity index (χ4v) is 4.86. The Kier molecular flexibility index (Phi) is 4.50. The molecule has 0 fully saturated rings. The first-order valence-electron chi connectivity index (χ1n) is 6.76. The van der Waals surface area contributed by atoms with Crippen LogP contribution in [0.3, 0.4) is 0 Å². The highest BCUT2D eigenvalue weighted by Gasteiger charge is 2.19. The maximum atomic E-state index is 6.45. The predicted octanol–water partition coefficient (Wildman–Crippen LogP) is 5.32. The molecule has 3 aromatic rings. The maximum Gasteiger partial charge on any atom is 0.120 e. The summed E-state index contributed by atoms with van der Waals surface area (Å²) in [7, 11) is 1.65. The number of ether oxygens (including phenoxy) is 1. The molecule has 0 spiro atoms. The molecular weight excluding hydrogens is 322 g/mol. The Morgan fingerprint density at radius 3 is 2.76 bits per heavy atom. The summed E-state index contributed by atoms with van der Waals surface area (Å²) in [5, 5.41) is 6.40. The van der Waals surface area contributed by atoms with E-state index < -0.39 is 0 Å². The van der Waals surface area contributed by atoms with E-state index in [0.29, 0.717) is 0 Å². The number of rotatable bonds is 5. The van der Waals surface area contributed by atoms with Gasteiger partial charge in [0.1, 0.15) is 5.75 Å². The Morgan fingerprint density at radius 2 is 2.10 bits per heavy atom. The summed E-state index contributed by atoms with van der Waals surface area (Å²) in [4.78, 5) is 1.30. The molecule has 0 saturated heterocycles. The highest BCUT2D eigenvalue weighted by Crippen LogP contribution is 2.38. The third-order valence-corrected chi connectivity index (χ3v) is 5.86. The van der Waals surface area contributed by atoms with E-state index in [1.54, 1.807) is 18.4 Å². The van der Waals surface area contributed by atoms with Gasteiger partial charge in [-0.3, -0.25) is 0 Å². The number of hydrogen-bond donors (Lipinski definition) is 1. The molecule has 0 aliphatic rings. The molecule has 0 saturated carbocycles. The Bertz CT molecular complexity index is 721. The van der Waals surface area contributed by atoms with Crippen LogP contribution in [-0.4, -0.2) is 13.7 Å². The van der Waals surface area contributed by atoms with Crippen LogP contribution < -0.4 is 10.1 Å². The van der Waals surface area contributed by atoms with Gasteiger partial charge in [-0.15, -0.1) is 22.7 Å². The maximum absolute atomic E-state index is 6.45. The third-order valence-electron chi connectivity index (χ3n) is 3.37. The van der Waals surface area contributed by atoms with Crippen molar-refractivity contribution in [3.05, 3.63) is 51.2 Å². The number of halogens is 1. The van der Waals surface area contributed by atoms with Crippen molar-refractivity contribution in [2.24, 2.45) is 0 Å². The van der Waals surface area contributed by atoms with Crippen LogP contribution in [-0.2, 0) is 0 Å². The van der Waals surface area contributed by atoms with Gasteiger partial charge < -0.3 is 10.1 Å². The molecule has 2 heterocycles. The van der Waals surface area contributed by atoms with Crippen molar-refractivity contribution in [1.82, 2.24) is 5.32 Å². The van der Waals surface area contributed by atoms with Gasteiger partial charge >= 0.3 is 0 Å². The summed E-state index contributed by atoms with van der Waals surface area (Å²) in [6.07, 6.45) is 0. The van der Waals surface area contributed by atoms with Crippen molar-refractivity contribution in [3.63, 3.8) is 0 Å². The van der Waals surface area contributed by atoms with Crippen LogP contribution in [0.15, 0.2) is 35.7 Å². The monoisotopic (exact) mass is 337 g/mol. The van der Waals surface area contributed by atoms with Gasteiger partial charge in [-0.05, 0) is 41.8 Å². The summed E-state index contributed by atoms with van der Waals surface area (Å²) < 4.78 is 7.90. The van der Waals surface area contributed by atoms with Crippen molar-refractivity contribution in [3.8, 4) is 5.75 Å². The lowest BCUT2D eigenvalue weighted by Gasteiger charge is -2.18. The SMILES string of the molecule is CCNC(c1cc2sccc2s1)c1ccc(OC)cc1Cl. The first-order valence-corrected chi connectivity index (χ1v) is 8.84. The molecule has 1 atom stereocenters. The van der Waals surface area contributed by atoms with Crippen LogP contribution in [0.1, 0.15) is 23.4 Å². The van der Waals surface area contributed by atoms with Crippen molar-refractivity contribution in [2.45, 2.75) is 13.0 Å². The van der Waals surface area contributed by atoms with Crippen LogP contribution >= 0.6 is 34.3 Å². The van der Waals surface area contributed by atoms with Gasteiger partial charge in [-0.2, -0.15) is 0 Å². The van der Waals surface area contributed by atoms with E-state index >= 15 is 0 Å². The standard InChI is InChI=1S/C16H16ClNOS2/c1-3-18-16(11-5-4-10(19-2)8-12(11)17)15-9-14-13(21-15)6-7-20-14/h4-9,16,18H,3H2,1-2H3. The van der Waals surface area contributed by atoms with E-state index in [0.717, 1.165) is 22.9 Å². The lowest BCUT2D eigenvalue weighted by molar-refractivity contribution is 0.414. The molecule has 1 N–H and O–H groups in total. The minimum Gasteiger partial charge on any atom is -0.497 e. The summed E-state index contributed by atoms with van der Waals surface area (Å²) in [6.45, 7) is 3.00. The molecule has 5 heteroatoms. The second kappa shape index (κ2) is 6.36. The van der Waals surface area contributed by atoms with Gasteiger partial charge in [0.05, 0.1) is 13.2 Å². The van der Waals surface area contributed by atoms with Gasteiger partial charge in [-0.25, -0.2) is 0 Å². The van der Waals surface area contributed by atoms with Crippen molar-refractivity contribution >= 4 is 43.7 Å². The number of thiophene rings is 2. The van der Waals surface area contributed by atoms with Gasteiger partial charge in [0.25, 0.3) is 0 Å². The molecule has 0 amide bonds. The lowest BCUT2D eigenvalue weighted by Crippen LogP contribution is -2.21. The summed E-state index contributed by atoms with van der Waals surface area (Å²) >= 11 is 10.1. The topological polar surface area (TPSA) is 21.3 Å². The van der Waals surface area contributed by atoms with Crippen molar-refractivity contribution in [2.75, 3.05) is 13.7 Å². The Morgan fingerprint density at radius 1 is 1.24 bits per heavy atom. The third kappa shape index (κ3) is 2.94. The zero-order valence-corrected chi connectivity index (χ0v) is 14.2. The number of methoxy groups -OCH3 is 1. The minimum atomic E-state index is 0.123. The summed E-state index contributed by atoms with van der Waals surface area (Å²) in [5.74, 6) is 0.783. The average molecular weight is 338 g/mol. The van der Waals surface area contributed by atoms with E-state index in [-0.39, 0.29) is 6.04 Å². The minimum absolute atomic E-state index is 0.123. The lowest BCUT2D eigenvalue weighted by atomic mass is 10.0. The van der Waals surface area contributed by atoms with Gasteiger partial charge in [-0.1, -0.05) is 24.6 Å². The van der Waals surface area contributed by atoms with E-state index in [4.69, 9.17) is 16.3 Å². The first kappa shape index (κ1) is 14.9. The molecule has 3 rings (SSSR count). The second-order valence-corrected chi connectivity index (χ2v) is 7.15. The molecule has 110 valence electrons. The Hall–Kier alpha value is -1.07. The number of hydrogen-bond acceptors (Lipinski definition) is 4. The fraction of sp³-hybridized carbons (Fsp3) is 0.250. The number of fused-ring (bicyclic) bond motifs is 1. The second-order valence-electron chi connectivity index (χ2n) is 4.68. The quantitative estimate of drug-likeness (QED) is 0.680. The highest BCUT2D eigenvalue weighted by molar-refractivity contribution is 7.27. The molecule has 1 unspecified atom stereocenters. The van der Waals surface area contributed by atoms with Crippen LogP contribution in [0.4, 0.5) is 0 Å². The van der Waals surface area contributed by atoms with Crippen molar-refractivity contribution < 1.29 is 4.74 Å². The number of benzene rings is 1. The molecule has 0 bridgehead atoms. The number of nitrogens with one attached hydrogen (secondary N) is 1. The smallest absolute Gasteiger partial charge is 0.120 e. The molecule has 1 aromatic carbocycles. The normalized spacial score (nSPS) is 12.7. The summed E-state index contributed by atoms with van der Waals surface area (Å²) in [6, 6.07) is 10.4. The average Bonchev–Trinajstić information content (AvgIpc) is 3.06. The summed E-state index contributed by atoms with van der Waals surface area (Å²) in [5.41, 5.74) is 1.09. The van der Waals surface area contributed by atoms with Crippen molar-refractivity contribution in [1.29, 1.82) is 0 Å². The van der Waals surface area contributed by atoms with E-state index in [2.05, 4.69) is 29.8 Å². The zero-order chi connectivity index (χ0) is 14.8. The Labute approximate surface area is 137 Å². The van der Waals surface area contributed by atoms with Crippen LogP contribution in [0.5, 0.6) is 5.75 Å². The molecule has 0 aliphatic heterocycles. The van der Waals surface area contributed by atoms with Gasteiger partial charge in [0.2, 0.25) is 0 Å². The zero-order valence-electron chi connectivity index (χ0n) is 11.9. The fourth-order valence-electron chi connectivity index (χ4n) is 2.36. The molecule has 2 nitrogen and oxygen atoms in total. The molecule has 0 radical (unpaired) electrons. The molecule has 21 heavy (non-hydrogen) atoms. The van der Waals surface area contributed by atoms with Crippen LogP contribution in [0.2, 0.25) is 5.02 Å². The first-order chi connectivity index (χ1) is 10.2. The van der Waals surface area contributed by atoms with E-state index in [9.17, 15) is 0 Å². The van der Waals surface area contributed by atoms with Gasteiger partial charge in [0, 0.05) is 19.3 Å². The highest BCUT2D eigenvalue weighted by atomic mass is 35.5. The molecule has 2 aromatic heterocycles. The van der Waals surface area contributed by atoms with Gasteiger partial charge in [0.15, 0.2) is 0 Å². The molecular formula is C16H16ClNOS2. The molecule has 0 aliphatic carbocycles. The van der Waals surface area contributed by atoms with Crippen LogP contribution in [0, 0.1) is 0 Å².